The smallest absolute Gasteiger partial charge is 0.279 e. The number of nitrogens with one attached hydrogen (secondary N) is 2. The van der Waals surface area contributed by atoms with Crippen molar-refractivity contribution in [2.45, 2.75) is 20.4 Å². The number of quaternary nitrogens is 1. The van der Waals surface area contributed by atoms with Gasteiger partial charge < -0.3 is 10.2 Å². The number of benzene rings is 3. The summed E-state index contributed by atoms with van der Waals surface area (Å²) in [6.07, 6.45) is 0. The topological polar surface area (TPSA) is 33.5 Å². The molecule has 0 radical (unpaired) electrons. The van der Waals surface area contributed by atoms with Crippen molar-refractivity contribution in [2.75, 3.05) is 18.9 Å². The molecular formula is C22H24ClN2O+. The van der Waals surface area contributed by atoms with Crippen LogP contribution in [-0.4, -0.2) is 19.5 Å². The minimum absolute atomic E-state index is 0.0304. The van der Waals surface area contributed by atoms with E-state index in [-0.39, 0.29) is 5.91 Å². The molecule has 0 fully saturated rings. The van der Waals surface area contributed by atoms with E-state index in [2.05, 4.69) is 35.6 Å². The molecule has 134 valence electrons. The second-order valence-electron chi connectivity index (χ2n) is 6.98. The largest absolute Gasteiger partial charge is 0.326 e. The maximum atomic E-state index is 12.4. The van der Waals surface area contributed by atoms with Crippen LogP contribution in [0.5, 0.6) is 0 Å². The number of amides is 1. The predicted molar refractivity (Wildman–Crippen MR) is 109 cm³/mol. The van der Waals surface area contributed by atoms with E-state index >= 15 is 0 Å². The van der Waals surface area contributed by atoms with Crippen molar-refractivity contribution >= 4 is 34.0 Å². The molecule has 0 spiro atoms. The first-order chi connectivity index (χ1) is 12.4. The molecule has 26 heavy (non-hydrogen) atoms. The molecule has 2 N–H and O–H groups in total. The van der Waals surface area contributed by atoms with E-state index in [4.69, 9.17) is 11.6 Å². The highest BCUT2D eigenvalue weighted by Gasteiger charge is 2.14. The molecule has 1 amide bonds. The summed E-state index contributed by atoms with van der Waals surface area (Å²) >= 11 is 6.28. The van der Waals surface area contributed by atoms with Crippen LogP contribution in [0.25, 0.3) is 10.8 Å². The Kier molecular flexibility index (Phi) is 5.60. The van der Waals surface area contributed by atoms with Gasteiger partial charge >= 0.3 is 0 Å². The molecule has 0 aromatic heterocycles. The lowest BCUT2D eigenvalue weighted by Crippen LogP contribution is -3.08. The zero-order valence-corrected chi connectivity index (χ0v) is 16.2. The van der Waals surface area contributed by atoms with Crippen molar-refractivity contribution in [3.05, 3.63) is 76.3 Å². The average Bonchev–Trinajstić information content (AvgIpc) is 2.58. The fourth-order valence-electron chi connectivity index (χ4n) is 3.29. The molecule has 1 unspecified atom stereocenters. The van der Waals surface area contributed by atoms with Crippen molar-refractivity contribution in [2.24, 2.45) is 0 Å². The van der Waals surface area contributed by atoms with E-state index in [0.29, 0.717) is 17.3 Å². The Morgan fingerprint density at radius 2 is 1.77 bits per heavy atom. The number of fused-ring (bicyclic) bond motifs is 1. The van der Waals surface area contributed by atoms with Crippen molar-refractivity contribution in [3.8, 4) is 0 Å². The molecule has 0 bridgehead atoms. The zero-order chi connectivity index (χ0) is 18.7. The summed E-state index contributed by atoms with van der Waals surface area (Å²) in [5.74, 6) is -0.0304. The summed E-state index contributed by atoms with van der Waals surface area (Å²) in [4.78, 5) is 13.5. The van der Waals surface area contributed by atoms with Crippen LogP contribution in [-0.2, 0) is 11.3 Å². The molecule has 3 aromatic rings. The van der Waals surface area contributed by atoms with Gasteiger partial charge in [0.1, 0.15) is 6.54 Å². The summed E-state index contributed by atoms with van der Waals surface area (Å²) in [5.41, 5.74) is 4.00. The molecule has 3 aromatic carbocycles. The lowest BCUT2D eigenvalue weighted by Gasteiger charge is -2.16. The summed E-state index contributed by atoms with van der Waals surface area (Å²) < 4.78 is 0. The monoisotopic (exact) mass is 367 g/mol. The summed E-state index contributed by atoms with van der Waals surface area (Å²) in [6, 6.07) is 18.7. The van der Waals surface area contributed by atoms with E-state index in [0.717, 1.165) is 22.6 Å². The predicted octanol–water partition coefficient (Wildman–Crippen LogP) is 3.76. The summed E-state index contributed by atoms with van der Waals surface area (Å²) in [5, 5.41) is 6.01. The minimum atomic E-state index is -0.0304. The molecule has 0 aliphatic rings. The van der Waals surface area contributed by atoms with Gasteiger partial charge in [0.2, 0.25) is 0 Å². The summed E-state index contributed by atoms with van der Waals surface area (Å²) in [6.45, 7) is 5.13. The van der Waals surface area contributed by atoms with Crippen molar-refractivity contribution in [3.63, 3.8) is 0 Å². The first kappa shape index (κ1) is 18.4. The van der Waals surface area contributed by atoms with E-state index in [1.165, 1.54) is 16.3 Å². The second-order valence-corrected chi connectivity index (χ2v) is 7.39. The molecule has 3 rings (SSSR count). The van der Waals surface area contributed by atoms with Crippen molar-refractivity contribution < 1.29 is 9.69 Å². The van der Waals surface area contributed by atoms with Gasteiger partial charge in [-0.3, -0.25) is 4.79 Å². The summed E-state index contributed by atoms with van der Waals surface area (Å²) in [7, 11) is 2.03. The number of halogens is 1. The van der Waals surface area contributed by atoms with Crippen LogP contribution in [0.15, 0.2) is 54.6 Å². The maximum absolute atomic E-state index is 12.4. The standard InChI is InChI=1S/C22H23ClN2O/c1-15-10-16(2)22(20(23)11-15)24-21(26)14-25(3)13-17-8-9-18-6-4-5-7-19(18)12-17/h4-12H,13-14H2,1-3H3,(H,24,26)/p+1. The number of carbonyl (C=O) groups is 1. The van der Waals surface area contributed by atoms with Crippen LogP contribution >= 0.6 is 11.6 Å². The second kappa shape index (κ2) is 7.90. The number of likely N-dealkylation sites (N-methyl/N-ethyl adjacent to an activating group) is 1. The Bertz CT molecular complexity index is 929. The number of carbonyl (C=O) groups excluding carboxylic acids is 1. The highest BCUT2D eigenvalue weighted by atomic mass is 35.5. The Morgan fingerprint density at radius 1 is 1.04 bits per heavy atom. The Morgan fingerprint density at radius 3 is 2.50 bits per heavy atom. The first-order valence-corrected chi connectivity index (χ1v) is 9.16. The molecule has 0 aliphatic carbocycles. The third kappa shape index (κ3) is 4.43. The van der Waals surface area contributed by atoms with Gasteiger partial charge in [-0.1, -0.05) is 54.1 Å². The SMILES string of the molecule is Cc1cc(C)c(NC(=O)C[NH+](C)Cc2ccc3ccccc3c2)c(Cl)c1. The first-order valence-electron chi connectivity index (χ1n) is 8.78. The molecule has 1 atom stereocenters. The van der Waals surface area contributed by atoms with Gasteiger partial charge in [0, 0.05) is 5.56 Å². The number of anilines is 1. The van der Waals surface area contributed by atoms with Crippen LogP contribution in [0, 0.1) is 13.8 Å². The molecule has 0 saturated heterocycles. The van der Waals surface area contributed by atoms with E-state index in [1.54, 1.807) is 0 Å². The van der Waals surface area contributed by atoms with Gasteiger partial charge in [-0.2, -0.15) is 0 Å². The number of hydrogen-bond acceptors (Lipinski definition) is 1. The van der Waals surface area contributed by atoms with E-state index < -0.39 is 0 Å². The third-order valence-electron chi connectivity index (χ3n) is 4.48. The van der Waals surface area contributed by atoms with Crippen LogP contribution in [0.1, 0.15) is 16.7 Å². The fourth-order valence-corrected chi connectivity index (χ4v) is 3.66. The number of hydrogen-bond donors (Lipinski definition) is 2. The highest BCUT2D eigenvalue weighted by Crippen LogP contribution is 2.27. The third-order valence-corrected chi connectivity index (χ3v) is 4.78. The van der Waals surface area contributed by atoms with Crippen LogP contribution in [0.4, 0.5) is 5.69 Å². The molecule has 0 heterocycles. The quantitative estimate of drug-likeness (QED) is 0.707. The lowest BCUT2D eigenvalue weighted by atomic mass is 10.1. The Balaban J connectivity index is 1.63. The Labute approximate surface area is 159 Å². The normalized spacial score (nSPS) is 12.2. The molecular weight excluding hydrogens is 344 g/mol. The minimum Gasteiger partial charge on any atom is -0.326 e. The van der Waals surface area contributed by atoms with Crippen LogP contribution < -0.4 is 10.2 Å². The molecule has 4 heteroatoms. The van der Waals surface area contributed by atoms with Gasteiger partial charge in [0.15, 0.2) is 6.54 Å². The molecule has 0 aliphatic heterocycles. The van der Waals surface area contributed by atoms with Crippen molar-refractivity contribution in [1.29, 1.82) is 0 Å². The van der Waals surface area contributed by atoms with Gasteiger partial charge in [-0.25, -0.2) is 0 Å². The fraction of sp³-hybridized carbons (Fsp3) is 0.227. The van der Waals surface area contributed by atoms with Crippen molar-refractivity contribution in [1.82, 2.24) is 0 Å². The lowest BCUT2D eigenvalue weighted by molar-refractivity contribution is -0.885. The number of aryl methyl sites for hydroxylation is 2. The van der Waals surface area contributed by atoms with Crippen LogP contribution in [0.3, 0.4) is 0 Å². The van der Waals surface area contributed by atoms with E-state index in [1.807, 2.05) is 45.2 Å². The molecule has 0 saturated carbocycles. The van der Waals surface area contributed by atoms with Gasteiger partial charge in [-0.15, -0.1) is 0 Å². The molecule has 3 nitrogen and oxygen atoms in total. The van der Waals surface area contributed by atoms with Gasteiger partial charge in [0.25, 0.3) is 5.91 Å². The number of rotatable bonds is 5. The van der Waals surface area contributed by atoms with Crippen LogP contribution in [0.2, 0.25) is 5.02 Å². The Hall–Kier alpha value is -2.36. The zero-order valence-electron chi connectivity index (χ0n) is 15.4. The van der Waals surface area contributed by atoms with Gasteiger partial charge in [0.05, 0.1) is 17.8 Å². The van der Waals surface area contributed by atoms with Gasteiger partial charge in [-0.05, 0) is 47.9 Å². The highest BCUT2D eigenvalue weighted by molar-refractivity contribution is 6.34. The van der Waals surface area contributed by atoms with E-state index in [9.17, 15) is 4.79 Å². The maximum Gasteiger partial charge on any atom is 0.279 e. The average molecular weight is 368 g/mol.